The van der Waals surface area contributed by atoms with E-state index in [-0.39, 0.29) is 11.2 Å². The molecule has 1 N–H and O–H groups in total. The van der Waals surface area contributed by atoms with Gasteiger partial charge in [0.15, 0.2) is 0 Å². The van der Waals surface area contributed by atoms with Crippen LogP contribution in [0.15, 0.2) is 36.4 Å². The van der Waals surface area contributed by atoms with Crippen molar-refractivity contribution in [2.24, 2.45) is 0 Å². The Morgan fingerprint density at radius 2 is 1.91 bits per heavy atom. The number of benzene rings is 1. The number of methoxy groups -OCH3 is 2. The molecule has 6 heteroatoms. The first-order chi connectivity index (χ1) is 10.9. The summed E-state index contributed by atoms with van der Waals surface area (Å²) in [5.41, 5.74) is 1.75. The lowest BCUT2D eigenvalue weighted by Crippen LogP contribution is -2.37. The van der Waals surface area contributed by atoms with Gasteiger partial charge in [-0.25, -0.2) is 0 Å². The highest BCUT2D eigenvalue weighted by atomic mass is 79.9. The minimum atomic E-state index is -0.953. The van der Waals surface area contributed by atoms with Crippen LogP contribution in [0.2, 0.25) is 0 Å². The van der Waals surface area contributed by atoms with Crippen LogP contribution < -0.4 is 0 Å². The summed E-state index contributed by atoms with van der Waals surface area (Å²) in [5.74, 6) is -1.82. The van der Waals surface area contributed by atoms with E-state index >= 15 is 0 Å². The van der Waals surface area contributed by atoms with Gasteiger partial charge in [0.1, 0.15) is 0 Å². The second-order valence-electron chi connectivity index (χ2n) is 5.09. The molecule has 124 valence electrons. The number of rotatable bonds is 7. The SMILES string of the molecule is COC(OC)(c1cc(CC(=O)O)c(-c2ccccc2)s1)C(C)Br. The van der Waals surface area contributed by atoms with Crippen molar-refractivity contribution in [2.75, 3.05) is 14.2 Å². The maximum Gasteiger partial charge on any atom is 0.307 e. The van der Waals surface area contributed by atoms with Crippen LogP contribution in [0.25, 0.3) is 10.4 Å². The second kappa shape index (κ2) is 7.57. The van der Waals surface area contributed by atoms with E-state index in [1.54, 1.807) is 14.2 Å². The number of carboxylic acids is 1. The lowest BCUT2D eigenvalue weighted by molar-refractivity contribution is -0.209. The number of carboxylic acid groups (broad SMARTS) is 1. The highest BCUT2D eigenvalue weighted by Gasteiger charge is 2.39. The number of halogens is 1. The summed E-state index contributed by atoms with van der Waals surface area (Å²) in [7, 11) is 3.17. The summed E-state index contributed by atoms with van der Waals surface area (Å²) in [6, 6.07) is 11.6. The summed E-state index contributed by atoms with van der Waals surface area (Å²) in [6.45, 7) is 1.94. The Morgan fingerprint density at radius 1 is 1.30 bits per heavy atom. The zero-order chi connectivity index (χ0) is 17.0. The number of ether oxygens (including phenoxy) is 2. The molecule has 0 saturated carbocycles. The highest BCUT2D eigenvalue weighted by molar-refractivity contribution is 9.09. The molecule has 0 fully saturated rings. The van der Waals surface area contributed by atoms with Gasteiger partial charge in [-0.15, -0.1) is 11.3 Å². The molecule has 0 aliphatic heterocycles. The standard InChI is InChI=1S/C17H19BrO4S/c1-11(18)17(21-2,22-3)14-9-13(10-15(19)20)16(23-14)12-7-5-4-6-8-12/h4-9,11H,10H2,1-3H3,(H,19,20). The van der Waals surface area contributed by atoms with Gasteiger partial charge in [-0.05, 0) is 24.1 Å². The summed E-state index contributed by atoms with van der Waals surface area (Å²) in [6.07, 6.45) is -0.0408. The Balaban J connectivity index is 2.59. The molecule has 0 saturated heterocycles. The lowest BCUT2D eigenvalue weighted by Gasteiger charge is -2.32. The summed E-state index contributed by atoms with van der Waals surface area (Å²) < 4.78 is 11.3. The summed E-state index contributed by atoms with van der Waals surface area (Å²) in [4.78, 5) is 12.9. The molecule has 0 spiro atoms. The number of aliphatic carboxylic acids is 1. The first-order valence-electron chi connectivity index (χ1n) is 7.09. The van der Waals surface area contributed by atoms with Crippen molar-refractivity contribution in [3.8, 4) is 10.4 Å². The van der Waals surface area contributed by atoms with Crippen molar-refractivity contribution in [2.45, 2.75) is 24.0 Å². The Bertz CT molecular complexity index is 662. The minimum Gasteiger partial charge on any atom is -0.481 e. The maximum atomic E-state index is 11.2. The molecule has 1 atom stereocenters. The average Bonchev–Trinajstić information content (AvgIpc) is 2.93. The number of hydrogen-bond acceptors (Lipinski definition) is 4. The van der Waals surface area contributed by atoms with Gasteiger partial charge in [0.2, 0.25) is 5.79 Å². The third kappa shape index (κ3) is 3.66. The van der Waals surface area contributed by atoms with Crippen molar-refractivity contribution in [1.29, 1.82) is 0 Å². The van der Waals surface area contributed by atoms with Crippen LogP contribution in [0, 0.1) is 0 Å². The van der Waals surface area contributed by atoms with Gasteiger partial charge in [-0.1, -0.05) is 46.3 Å². The maximum absolute atomic E-state index is 11.2. The van der Waals surface area contributed by atoms with Gasteiger partial charge in [-0.2, -0.15) is 0 Å². The minimum absolute atomic E-state index is 0.0408. The van der Waals surface area contributed by atoms with E-state index < -0.39 is 11.8 Å². The van der Waals surface area contributed by atoms with Crippen molar-refractivity contribution in [3.05, 3.63) is 46.8 Å². The van der Waals surface area contributed by atoms with Crippen molar-refractivity contribution in [1.82, 2.24) is 0 Å². The lowest BCUT2D eigenvalue weighted by atomic mass is 10.1. The van der Waals surface area contributed by atoms with Gasteiger partial charge in [0, 0.05) is 19.1 Å². The van der Waals surface area contributed by atoms with Crippen LogP contribution >= 0.6 is 27.3 Å². The number of alkyl halides is 1. The van der Waals surface area contributed by atoms with E-state index in [9.17, 15) is 9.90 Å². The summed E-state index contributed by atoms with van der Waals surface area (Å²) >= 11 is 5.03. The number of hydrogen-bond donors (Lipinski definition) is 1. The normalized spacial score (nSPS) is 13.0. The third-order valence-electron chi connectivity index (χ3n) is 3.66. The smallest absolute Gasteiger partial charge is 0.307 e. The second-order valence-corrected chi connectivity index (χ2v) is 7.52. The predicted molar refractivity (Wildman–Crippen MR) is 95.2 cm³/mol. The molecule has 2 aromatic rings. The van der Waals surface area contributed by atoms with Crippen LogP contribution in [0.3, 0.4) is 0 Å². The van der Waals surface area contributed by atoms with Gasteiger partial charge in [-0.3, -0.25) is 4.79 Å². The first-order valence-corrected chi connectivity index (χ1v) is 8.82. The van der Waals surface area contributed by atoms with Crippen LogP contribution in [0.5, 0.6) is 0 Å². The first kappa shape index (κ1) is 18.1. The molecule has 4 nitrogen and oxygen atoms in total. The van der Waals surface area contributed by atoms with Gasteiger partial charge < -0.3 is 14.6 Å². The number of thiophene rings is 1. The molecule has 1 heterocycles. The quantitative estimate of drug-likeness (QED) is 0.558. The fraction of sp³-hybridized carbons (Fsp3) is 0.353. The van der Waals surface area contributed by atoms with E-state index in [2.05, 4.69) is 15.9 Å². The molecule has 0 amide bonds. The molecule has 23 heavy (non-hydrogen) atoms. The molecule has 1 aromatic heterocycles. The fourth-order valence-electron chi connectivity index (χ4n) is 2.53. The molecular formula is C17H19BrO4S. The van der Waals surface area contributed by atoms with E-state index in [4.69, 9.17) is 9.47 Å². The zero-order valence-electron chi connectivity index (χ0n) is 13.2. The predicted octanol–water partition coefficient (Wildman–Crippen LogP) is 4.27. The Labute approximate surface area is 148 Å². The van der Waals surface area contributed by atoms with E-state index in [1.165, 1.54) is 11.3 Å². The van der Waals surface area contributed by atoms with Crippen LogP contribution in [0.1, 0.15) is 17.4 Å². The topological polar surface area (TPSA) is 55.8 Å². The third-order valence-corrected chi connectivity index (χ3v) is 5.59. The van der Waals surface area contributed by atoms with Gasteiger partial charge >= 0.3 is 5.97 Å². The monoisotopic (exact) mass is 398 g/mol. The largest absolute Gasteiger partial charge is 0.481 e. The van der Waals surface area contributed by atoms with Crippen molar-refractivity contribution in [3.63, 3.8) is 0 Å². The Hall–Kier alpha value is -1.21. The van der Waals surface area contributed by atoms with Gasteiger partial charge in [0.05, 0.1) is 16.1 Å². The molecule has 0 aliphatic carbocycles. The van der Waals surface area contributed by atoms with Crippen LogP contribution in [-0.4, -0.2) is 30.1 Å². The van der Waals surface area contributed by atoms with Crippen LogP contribution in [0.4, 0.5) is 0 Å². The van der Waals surface area contributed by atoms with Crippen molar-refractivity contribution >= 4 is 33.2 Å². The Kier molecular flexibility index (Phi) is 5.97. The van der Waals surface area contributed by atoms with Gasteiger partial charge in [0.25, 0.3) is 0 Å². The zero-order valence-corrected chi connectivity index (χ0v) is 15.6. The van der Waals surface area contributed by atoms with E-state index in [0.717, 1.165) is 20.9 Å². The summed E-state index contributed by atoms with van der Waals surface area (Å²) in [5, 5.41) is 9.21. The average molecular weight is 399 g/mol. The molecule has 0 aliphatic rings. The molecule has 1 aromatic carbocycles. The number of carbonyl (C=O) groups is 1. The molecule has 0 bridgehead atoms. The Morgan fingerprint density at radius 3 is 2.39 bits per heavy atom. The van der Waals surface area contributed by atoms with E-state index in [1.807, 2.05) is 43.3 Å². The fourth-order valence-corrected chi connectivity index (χ4v) is 4.73. The molecular weight excluding hydrogens is 380 g/mol. The van der Waals surface area contributed by atoms with Crippen molar-refractivity contribution < 1.29 is 19.4 Å². The molecule has 1 unspecified atom stereocenters. The molecule has 0 radical (unpaired) electrons. The molecule has 2 rings (SSSR count). The highest BCUT2D eigenvalue weighted by Crippen LogP contribution is 2.43. The van der Waals surface area contributed by atoms with Crippen LogP contribution in [-0.2, 0) is 26.5 Å². The van der Waals surface area contributed by atoms with E-state index in [0.29, 0.717) is 0 Å².